The zero-order valence-corrected chi connectivity index (χ0v) is 14.8. The number of hydrogen-bond donors (Lipinski definition) is 3. The molecule has 4 heteroatoms. The number of rotatable bonds is 4. The minimum absolute atomic E-state index is 0.396. The van der Waals surface area contributed by atoms with Crippen LogP contribution in [-0.4, -0.2) is 10.7 Å². The summed E-state index contributed by atoms with van der Waals surface area (Å²) in [5.41, 5.74) is 11.8. The Bertz CT molecular complexity index is 925. The Morgan fingerprint density at radius 1 is 0.920 bits per heavy atom. The summed E-state index contributed by atoms with van der Waals surface area (Å²) in [5, 5.41) is 8.52. The first-order valence-electron chi connectivity index (χ1n) is 7.92. The van der Waals surface area contributed by atoms with Gasteiger partial charge in [-0.15, -0.1) is 12.6 Å². The number of nitrogens with two attached hydrogens (primary N) is 1. The van der Waals surface area contributed by atoms with E-state index in [2.05, 4.69) is 23.7 Å². The number of nitrogens with one attached hydrogen (secondary N) is 1. The number of benzene rings is 2. The van der Waals surface area contributed by atoms with Crippen LogP contribution in [0.25, 0.3) is 16.7 Å². The summed E-state index contributed by atoms with van der Waals surface area (Å²) in [6, 6.07) is 19.7. The first-order chi connectivity index (χ1) is 12.1. The second kappa shape index (κ2) is 7.36. The molecule has 124 valence electrons. The molecule has 0 radical (unpaired) electrons. The molecule has 0 spiro atoms. The quantitative estimate of drug-likeness (QED) is 0.470. The van der Waals surface area contributed by atoms with Crippen LogP contribution in [0.1, 0.15) is 18.1 Å². The van der Waals surface area contributed by atoms with E-state index in [1.54, 1.807) is 12.4 Å². The first-order valence-corrected chi connectivity index (χ1v) is 8.36. The van der Waals surface area contributed by atoms with Crippen LogP contribution in [0.15, 0.2) is 83.6 Å². The molecular weight excluding hydrogens is 326 g/mol. The van der Waals surface area contributed by atoms with E-state index in [1.807, 2.05) is 61.5 Å². The minimum Gasteiger partial charge on any atom is -0.402 e. The van der Waals surface area contributed by atoms with Crippen molar-refractivity contribution < 1.29 is 0 Å². The third-order valence-corrected chi connectivity index (χ3v) is 4.24. The fourth-order valence-electron chi connectivity index (χ4n) is 2.75. The Labute approximate surface area is 153 Å². The van der Waals surface area contributed by atoms with Crippen molar-refractivity contribution in [3.8, 4) is 11.1 Å². The molecule has 3 N–H and O–H groups in total. The van der Waals surface area contributed by atoms with Gasteiger partial charge in [-0.1, -0.05) is 36.4 Å². The van der Waals surface area contributed by atoms with Crippen LogP contribution in [0.3, 0.4) is 0 Å². The molecule has 0 aliphatic rings. The Morgan fingerprint density at radius 3 is 2.20 bits per heavy atom. The highest BCUT2D eigenvalue weighted by molar-refractivity contribution is 7.80. The van der Waals surface area contributed by atoms with Gasteiger partial charge in [0.25, 0.3) is 0 Å². The van der Waals surface area contributed by atoms with E-state index in [-0.39, 0.29) is 0 Å². The van der Waals surface area contributed by atoms with E-state index >= 15 is 0 Å². The number of hydrogen-bond acceptors (Lipinski definition) is 4. The summed E-state index contributed by atoms with van der Waals surface area (Å²) in [7, 11) is 0. The van der Waals surface area contributed by atoms with Gasteiger partial charge in [-0.25, -0.2) is 0 Å². The molecule has 1 aromatic heterocycles. The molecule has 3 aromatic rings. The predicted molar refractivity (Wildman–Crippen MR) is 107 cm³/mol. The van der Waals surface area contributed by atoms with Gasteiger partial charge in [-0.2, -0.15) is 0 Å². The largest absolute Gasteiger partial charge is 0.402 e. The van der Waals surface area contributed by atoms with Gasteiger partial charge in [0.1, 0.15) is 0 Å². The smallest absolute Gasteiger partial charge is 0.0708 e. The van der Waals surface area contributed by atoms with Crippen molar-refractivity contribution in [1.29, 1.82) is 5.41 Å². The van der Waals surface area contributed by atoms with E-state index < -0.39 is 0 Å². The molecule has 3 nitrogen and oxygen atoms in total. The van der Waals surface area contributed by atoms with E-state index in [4.69, 9.17) is 11.1 Å². The van der Waals surface area contributed by atoms with E-state index in [0.717, 1.165) is 32.7 Å². The number of thiol groups is 1. The topological polar surface area (TPSA) is 62.8 Å². The van der Waals surface area contributed by atoms with Gasteiger partial charge in [0, 0.05) is 34.1 Å². The summed E-state index contributed by atoms with van der Waals surface area (Å²) in [6.07, 6.45) is 3.36. The highest BCUT2D eigenvalue weighted by atomic mass is 32.1. The standard InChI is InChI=1S/C21H19N3S/c1-14(22)20(21(23)17-9-11-24-12-10-17)16-7-5-15(6-8-16)18-3-2-4-19(25)13-18/h2-13,23,25H,22H2,1H3/b20-14-,23-21?. The third kappa shape index (κ3) is 3.80. The van der Waals surface area contributed by atoms with Crippen LogP contribution in [0.4, 0.5) is 0 Å². The Kier molecular flexibility index (Phi) is 5.00. The maximum absolute atomic E-state index is 8.52. The van der Waals surface area contributed by atoms with Crippen molar-refractivity contribution in [2.75, 3.05) is 0 Å². The zero-order valence-electron chi connectivity index (χ0n) is 13.9. The van der Waals surface area contributed by atoms with Crippen molar-refractivity contribution in [3.63, 3.8) is 0 Å². The lowest BCUT2D eigenvalue weighted by atomic mass is 9.93. The van der Waals surface area contributed by atoms with Crippen molar-refractivity contribution in [3.05, 3.63) is 89.9 Å². The summed E-state index contributed by atoms with van der Waals surface area (Å²) >= 11 is 4.39. The van der Waals surface area contributed by atoms with E-state index in [1.165, 1.54) is 0 Å². The van der Waals surface area contributed by atoms with Gasteiger partial charge in [0.05, 0.1) is 5.71 Å². The van der Waals surface area contributed by atoms with Crippen molar-refractivity contribution in [2.45, 2.75) is 11.8 Å². The Hall–Kier alpha value is -2.85. The van der Waals surface area contributed by atoms with Crippen LogP contribution >= 0.6 is 12.6 Å². The molecular formula is C21H19N3S. The van der Waals surface area contributed by atoms with Gasteiger partial charge in [-0.3, -0.25) is 10.4 Å². The molecule has 0 aliphatic heterocycles. The molecule has 0 fully saturated rings. The fraction of sp³-hybridized carbons (Fsp3) is 0.0476. The minimum atomic E-state index is 0.396. The van der Waals surface area contributed by atoms with Crippen LogP contribution in [0.5, 0.6) is 0 Å². The highest BCUT2D eigenvalue weighted by Gasteiger charge is 2.13. The highest BCUT2D eigenvalue weighted by Crippen LogP contribution is 2.26. The van der Waals surface area contributed by atoms with Gasteiger partial charge >= 0.3 is 0 Å². The SMILES string of the molecule is C/C(N)=C(/C(=N)c1ccncc1)c1ccc(-c2cccc(S)c2)cc1. The van der Waals surface area contributed by atoms with Crippen molar-refractivity contribution in [1.82, 2.24) is 4.98 Å². The molecule has 0 bridgehead atoms. The molecule has 2 aromatic carbocycles. The molecule has 0 amide bonds. The summed E-state index contributed by atoms with van der Waals surface area (Å²) in [6.45, 7) is 1.82. The van der Waals surface area contributed by atoms with E-state index in [9.17, 15) is 0 Å². The summed E-state index contributed by atoms with van der Waals surface area (Å²) in [5.74, 6) is 0. The van der Waals surface area contributed by atoms with Gasteiger partial charge in [0.2, 0.25) is 0 Å². The third-order valence-electron chi connectivity index (χ3n) is 3.97. The maximum atomic E-state index is 8.52. The molecule has 0 aliphatic carbocycles. The van der Waals surface area contributed by atoms with Gasteiger partial charge in [0.15, 0.2) is 0 Å². The van der Waals surface area contributed by atoms with Gasteiger partial charge < -0.3 is 5.73 Å². The number of pyridine rings is 1. The predicted octanol–water partition coefficient (Wildman–Crippen LogP) is 4.80. The van der Waals surface area contributed by atoms with Crippen molar-refractivity contribution in [2.24, 2.45) is 5.73 Å². The molecule has 0 saturated heterocycles. The van der Waals surface area contributed by atoms with Gasteiger partial charge in [-0.05, 0) is 47.9 Å². The molecule has 25 heavy (non-hydrogen) atoms. The molecule has 3 rings (SSSR count). The second-order valence-electron chi connectivity index (χ2n) is 5.80. The number of nitrogens with zero attached hydrogens (tertiary/aromatic N) is 1. The fourth-order valence-corrected chi connectivity index (χ4v) is 2.97. The summed E-state index contributed by atoms with van der Waals surface area (Å²) in [4.78, 5) is 4.94. The Morgan fingerprint density at radius 2 is 1.60 bits per heavy atom. The average Bonchev–Trinajstić information content (AvgIpc) is 2.63. The molecule has 0 atom stereocenters. The van der Waals surface area contributed by atoms with Crippen molar-refractivity contribution >= 4 is 23.9 Å². The molecule has 1 heterocycles. The average molecular weight is 345 g/mol. The lowest BCUT2D eigenvalue weighted by Crippen LogP contribution is -2.09. The molecule has 0 unspecified atom stereocenters. The normalized spacial score (nSPS) is 11.8. The van der Waals surface area contributed by atoms with E-state index in [0.29, 0.717) is 11.4 Å². The zero-order chi connectivity index (χ0) is 17.8. The number of aromatic nitrogens is 1. The van der Waals surface area contributed by atoms with Crippen LogP contribution in [0, 0.1) is 5.41 Å². The van der Waals surface area contributed by atoms with Crippen LogP contribution in [-0.2, 0) is 0 Å². The second-order valence-corrected chi connectivity index (χ2v) is 6.31. The lowest BCUT2D eigenvalue weighted by molar-refractivity contribution is 1.30. The lowest BCUT2D eigenvalue weighted by Gasteiger charge is -2.13. The molecule has 0 saturated carbocycles. The van der Waals surface area contributed by atoms with Crippen LogP contribution in [0.2, 0.25) is 0 Å². The monoisotopic (exact) mass is 345 g/mol. The summed E-state index contributed by atoms with van der Waals surface area (Å²) < 4.78 is 0. The Balaban J connectivity index is 1.97. The number of allylic oxidation sites excluding steroid dienone is 2. The maximum Gasteiger partial charge on any atom is 0.0708 e. The first kappa shape index (κ1) is 17.0. The van der Waals surface area contributed by atoms with Crippen LogP contribution < -0.4 is 5.73 Å².